The quantitative estimate of drug-likeness (QED) is 0.771. The predicted octanol–water partition coefficient (Wildman–Crippen LogP) is 3.64. The minimum Gasteiger partial charge on any atom is -0.341 e. The van der Waals surface area contributed by atoms with Gasteiger partial charge in [-0.2, -0.15) is 0 Å². The molecule has 1 aromatic heterocycles. The maximum Gasteiger partial charge on any atom is 0.255 e. The van der Waals surface area contributed by atoms with E-state index >= 15 is 0 Å². The second-order valence-electron chi connectivity index (χ2n) is 5.51. The van der Waals surface area contributed by atoms with E-state index in [1.807, 2.05) is 6.07 Å². The number of amides is 1. The van der Waals surface area contributed by atoms with Gasteiger partial charge >= 0.3 is 0 Å². The summed E-state index contributed by atoms with van der Waals surface area (Å²) in [5.41, 5.74) is 1.86. The van der Waals surface area contributed by atoms with Gasteiger partial charge in [-0.25, -0.2) is 0 Å². The lowest BCUT2D eigenvalue weighted by Crippen LogP contribution is -2.27. The van der Waals surface area contributed by atoms with Gasteiger partial charge < -0.3 is 9.88 Å². The highest BCUT2D eigenvalue weighted by molar-refractivity contribution is 7.71. The van der Waals surface area contributed by atoms with Crippen molar-refractivity contribution in [2.75, 3.05) is 7.05 Å². The Bertz CT molecular complexity index is 876. The summed E-state index contributed by atoms with van der Waals surface area (Å²) in [6.45, 7) is 2.19. The highest BCUT2D eigenvalue weighted by Gasteiger charge is 2.13. The van der Waals surface area contributed by atoms with Crippen LogP contribution in [0.3, 0.4) is 0 Å². The number of hydrogen-bond acceptors (Lipinski definition) is 3. The first-order valence-electron chi connectivity index (χ1n) is 7.28. The van der Waals surface area contributed by atoms with Crippen molar-refractivity contribution in [3.63, 3.8) is 0 Å². The van der Waals surface area contributed by atoms with Crippen LogP contribution >= 0.6 is 35.4 Å². The third-order valence-electron chi connectivity index (χ3n) is 3.67. The van der Waals surface area contributed by atoms with Crippen LogP contribution in [0.1, 0.15) is 23.2 Å². The van der Waals surface area contributed by atoms with Crippen molar-refractivity contribution < 1.29 is 4.79 Å². The van der Waals surface area contributed by atoms with E-state index in [2.05, 4.69) is 9.97 Å². The molecule has 0 bridgehead atoms. The van der Waals surface area contributed by atoms with Crippen molar-refractivity contribution in [2.45, 2.75) is 26.3 Å². The van der Waals surface area contributed by atoms with Crippen molar-refractivity contribution in [3.05, 3.63) is 60.2 Å². The van der Waals surface area contributed by atoms with Gasteiger partial charge in [0.1, 0.15) is 0 Å². The van der Waals surface area contributed by atoms with Gasteiger partial charge in [-0.05, 0) is 43.3 Å². The van der Waals surface area contributed by atoms with Gasteiger partial charge in [-0.3, -0.25) is 14.6 Å². The van der Waals surface area contributed by atoms with Crippen molar-refractivity contribution in [2.24, 2.45) is 0 Å². The van der Waals surface area contributed by atoms with Crippen molar-refractivity contribution in [1.82, 2.24) is 14.9 Å². The number of aromatic nitrogens is 2. The van der Waals surface area contributed by atoms with Crippen molar-refractivity contribution in [3.8, 4) is 0 Å². The fraction of sp³-hybridized carbons (Fsp3) is 0.312. The van der Waals surface area contributed by atoms with Gasteiger partial charge in [0.15, 0.2) is 4.77 Å². The van der Waals surface area contributed by atoms with E-state index < -0.39 is 0 Å². The lowest BCUT2D eigenvalue weighted by Gasteiger charge is -2.17. The first kappa shape index (κ1) is 18.7. The minimum atomic E-state index is -0.254. The SMILES string of the molecule is Cc1[nH]c(=S)[nH]c(=O)c1CCC(=O)N(C)Cc1ccc(Cl)c(Cl)c1. The number of rotatable bonds is 5. The second-order valence-corrected chi connectivity index (χ2v) is 6.73. The Hall–Kier alpha value is -1.63. The third-order valence-corrected chi connectivity index (χ3v) is 4.62. The van der Waals surface area contributed by atoms with Crippen molar-refractivity contribution in [1.29, 1.82) is 0 Å². The summed E-state index contributed by atoms with van der Waals surface area (Å²) in [5.74, 6) is -0.0673. The molecule has 24 heavy (non-hydrogen) atoms. The van der Waals surface area contributed by atoms with Crippen LogP contribution in [0.25, 0.3) is 0 Å². The molecule has 2 N–H and O–H groups in total. The molecule has 0 atom stereocenters. The molecule has 0 unspecified atom stereocenters. The van der Waals surface area contributed by atoms with Gasteiger partial charge in [-0.1, -0.05) is 29.3 Å². The molecule has 0 aliphatic carbocycles. The molecular weight excluding hydrogens is 369 g/mol. The summed E-state index contributed by atoms with van der Waals surface area (Å²) in [6, 6.07) is 5.26. The lowest BCUT2D eigenvalue weighted by atomic mass is 10.1. The molecular formula is C16H17Cl2N3O2S. The molecule has 0 aliphatic heterocycles. The molecule has 0 aliphatic rings. The van der Waals surface area contributed by atoms with E-state index in [0.717, 1.165) is 5.56 Å². The van der Waals surface area contributed by atoms with Crippen LogP contribution < -0.4 is 5.56 Å². The van der Waals surface area contributed by atoms with Gasteiger partial charge in [0, 0.05) is 31.3 Å². The topological polar surface area (TPSA) is 69.0 Å². The van der Waals surface area contributed by atoms with E-state index in [9.17, 15) is 9.59 Å². The van der Waals surface area contributed by atoms with Gasteiger partial charge in [-0.15, -0.1) is 0 Å². The summed E-state index contributed by atoms with van der Waals surface area (Å²) in [7, 11) is 1.71. The largest absolute Gasteiger partial charge is 0.341 e. The van der Waals surface area contributed by atoms with E-state index in [0.29, 0.717) is 34.3 Å². The Balaban J connectivity index is 2.00. The van der Waals surface area contributed by atoms with Crippen LogP contribution in [0, 0.1) is 11.7 Å². The number of nitrogens with zero attached hydrogens (tertiary/aromatic N) is 1. The highest BCUT2D eigenvalue weighted by Crippen LogP contribution is 2.23. The molecule has 0 radical (unpaired) electrons. The van der Waals surface area contributed by atoms with E-state index in [4.69, 9.17) is 35.4 Å². The molecule has 128 valence electrons. The zero-order valence-electron chi connectivity index (χ0n) is 13.3. The molecule has 2 rings (SSSR count). The standard InChI is InChI=1S/C16H17Cl2N3O2S/c1-9-11(15(23)20-16(24)19-9)4-6-14(22)21(2)8-10-3-5-12(17)13(18)7-10/h3,5,7H,4,6,8H2,1-2H3,(H2,19,20,23,24). The average molecular weight is 386 g/mol. The first-order valence-corrected chi connectivity index (χ1v) is 8.44. The predicted molar refractivity (Wildman–Crippen MR) is 98.2 cm³/mol. The number of aromatic amines is 2. The fourth-order valence-corrected chi connectivity index (χ4v) is 2.92. The molecule has 5 nitrogen and oxygen atoms in total. The van der Waals surface area contributed by atoms with E-state index in [1.165, 1.54) is 0 Å². The maximum atomic E-state index is 12.3. The molecule has 0 saturated heterocycles. The highest BCUT2D eigenvalue weighted by atomic mass is 35.5. The summed E-state index contributed by atoms with van der Waals surface area (Å²) < 4.78 is 0.282. The Morgan fingerprint density at radius 2 is 1.96 bits per heavy atom. The van der Waals surface area contributed by atoms with E-state index in [1.54, 1.807) is 31.0 Å². The Kier molecular flexibility index (Phi) is 6.21. The molecule has 0 fully saturated rings. The molecule has 8 heteroatoms. The zero-order chi connectivity index (χ0) is 17.9. The number of hydrogen-bond donors (Lipinski definition) is 2. The van der Waals surface area contributed by atoms with Crippen LogP contribution in [-0.2, 0) is 17.8 Å². The molecule has 0 saturated carbocycles. The third kappa shape index (κ3) is 4.69. The molecule has 2 aromatic rings. The van der Waals surface area contributed by atoms with Gasteiger partial charge in [0.05, 0.1) is 10.0 Å². The monoisotopic (exact) mass is 385 g/mol. The number of carbonyl (C=O) groups excluding carboxylic acids is 1. The molecule has 1 aromatic carbocycles. The van der Waals surface area contributed by atoms with E-state index in [-0.39, 0.29) is 22.7 Å². The van der Waals surface area contributed by atoms with Crippen LogP contribution in [0.5, 0.6) is 0 Å². The minimum absolute atomic E-state index is 0.0673. The van der Waals surface area contributed by atoms with Crippen LogP contribution in [0.15, 0.2) is 23.0 Å². The molecule has 0 spiro atoms. The number of carbonyl (C=O) groups is 1. The normalized spacial score (nSPS) is 10.7. The average Bonchev–Trinajstić information content (AvgIpc) is 2.49. The smallest absolute Gasteiger partial charge is 0.255 e. The Morgan fingerprint density at radius 1 is 1.25 bits per heavy atom. The van der Waals surface area contributed by atoms with Crippen molar-refractivity contribution >= 4 is 41.3 Å². The van der Waals surface area contributed by atoms with Gasteiger partial charge in [0.2, 0.25) is 5.91 Å². The summed E-state index contributed by atoms with van der Waals surface area (Å²) in [6.07, 6.45) is 0.574. The second kappa shape index (κ2) is 7.96. The number of nitrogens with one attached hydrogen (secondary N) is 2. The number of benzene rings is 1. The molecule has 1 heterocycles. The molecule has 1 amide bonds. The summed E-state index contributed by atoms with van der Waals surface area (Å²) >= 11 is 16.8. The fourth-order valence-electron chi connectivity index (χ4n) is 2.35. The first-order chi connectivity index (χ1) is 11.3. The van der Waals surface area contributed by atoms with Gasteiger partial charge in [0.25, 0.3) is 5.56 Å². The van der Waals surface area contributed by atoms with Crippen LogP contribution in [0.2, 0.25) is 10.0 Å². The van der Waals surface area contributed by atoms with Crippen LogP contribution in [-0.4, -0.2) is 27.8 Å². The Labute approximate surface area is 154 Å². The Morgan fingerprint density at radius 3 is 2.58 bits per heavy atom. The summed E-state index contributed by atoms with van der Waals surface area (Å²) in [5, 5.41) is 0.933. The number of H-pyrrole nitrogens is 2. The number of aryl methyl sites for hydroxylation is 1. The zero-order valence-corrected chi connectivity index (χ0v) is 15.6. The lowest BCUT2D eigenvalue weighted by molar-refractivity contribution is -0.130. The summed E-state index contributed by atoms with van der Waals surface area (Å²) in [4.78, 5) is 31.2. The maximum absolute atomic E-state index is 12.3. The van der Waals surface area contributed by atoms with Crippen LogP contribution in [0.4, 0.5) is 0 Å². The number of halogens is 2.